The lowest BCUT2D eigenvalue weighted by Gasteiger charge is -2.46. The average molecular weight is 349 g/mol. The Morgan fingerprint density at radius 1 is 1.12 bits per heavy atom. The summed E-state index contributed by atoms with van der Waals surface area (Å²) in [5.74, 6) is -2.42. The van der Waals surface area contributed by atoms with Gasteiger partial charge in [0.2, 0.25) is 5.91 Å². The van der Waals surface area contributed by atoms with Crippen molar-refractivity contribution in [2.75, 3.05) is 13.1 Å². The van der Waals surface area contributed by atoms with E-state index >= 15 is 0 Å². The van der Waals surface area contributed by atoms with Gasteiger partial charge in [0.05, 0.1) is 11.3 Å². The third-order valence-corrected chi connectivity index (χ3v) is 6.60. The highest BCUT2D eigenvalue weighted by atomic mass is 19.1. The van der Waals surface area contributed by atoms with Crippen LogP contribution in [-0.4, -0.2) is 35.0 Å². The maximum atomic E-state index is 14.3. The number of carboxylic acid groups (broad SMARTS) is 1. The lowest BCUT2D eigenvalue weighted by molar-refractivity contribution is -0.143. The number of hydrogen-bond donors (Lipinski definition) is 1. The summed E-state index contributed by atoms with van der Waals surface area (Å²) in [6.07, 6.45) is 4.08. The quantitative estimate of drug-likeness (QED) is 0.912. The molecule has 1 aromatic carbocycles. The minimum Gasteiger partial charge on any atom is -0.481 e. The molecular weight excluding hydrogens is 328 g/mol. The molecule has 1 aliphatic heterocycles. The second-order valence-electron chi connectivity index (χ2n) is 7.81. The van der Waals surface area contributed by atoms with Crippen LogP contribution in [0.3, 0.4) is 0 Å². The van der Waals surface area contributed by atoms with Crippen LogP contribution in [0.15, 0.2) is 18.2 Å². The molecule has 1 saturated heterocycles. The van der Waals surface area contributed by atoms with Crippen molar-refractivity contribution in [3.05, 3.63) is 35.4 Å². The highest BCUT2D eigenvalue weighted by Gasteiger charge is 2.60. The van der Waals surface area contributed by atoms with Crippen LogP contribution in [-0.2, 0) is 15.0 Å². The molecule has 2 aliphatic carbocycles. The SMILES string of the molecule is O=C(O)C1CC12CCN(C(=O)C1(c3ccc(F)cc3F)CCC1)CC2. The van der Waals surface area contributed by atoms with E-state index in [1.807, 2.05) is 0 Å². The van der Waals surface area contributed by atoms with Crippen LogP contribution in [0.2, 0.25) is 0 Å². The largest absolute Gasteiger partial charge is 0.481 e. The minimum atomic E-state index is -0.877. The summed E-state index contributed by atoms with van der Waals surface area (Å²) in [7, 11) is 0. The molecule has 1 spiro atoms. The summed E-state index contributed by atoms with van der Waals surface area (Å²) < 4.78 is 27.5. The van der Waals surface area contributed by atoms with E-state index in [1.54, 1.807) is 4.90 Å². The van der Waals surface area contributed by atoms with Crippen molar-refractivity contribution in [3.63, 3.8) is 0 Å². The molecule has 1 amide bonds. The van der Waals surface area contributed by atoms with Crippen LogP contribution in [0.5, 0.6) is 0 Å². The van der Waals surface area contributed by atoms with Gasteiger partial charge in [-0.25, -0.2) is 8.78 Å². The molecule has 1 N–H and O–H groups in total. The number of rotatable bonds is 3. The van der Waals surface area contributed by atoms with Crippen molar-refractivity contribution in [2.45, 2.75) is 43.9 Å². The van der Waals surface area contributed by atoms with Gasteiger partial charge in [0.25, 0.3) is 0 Å². The number of aliphatic carboxylic acids is 1. The Labute approximate surface area is 144 Å². The van der Waals surface area contributed by atoms with Crippen LogP contribution in [0, 0.1) is 23.0 Å². The van der Waals surface area contributed by atoms with Crippen molar-refractivity contribution in [3.8, 4) is 0 Å². The van der Waals surface area contributed by atoms with Crippen LogP contribution >= 0.6 is 0 Å². The molecule has 0 bridgehead atoms. The molecule has 4 rings (SSSR count). The number of likely N-dealkylation sites (tertiary alicyclic amines) is 1. The first-order valence-corrected chi connectivity index (χ1v) is 8.86. The molecule has 6 heteroatoms. The maximum absolute atomic E-state index is 14.3. The summed E-state index contributed by atoms with van der Waals surface area (Å²) in [4.78, 5) is 26.1. The maximum Gasteiger partial charge on any atom is 0.307 e. The van der Waals surface area contributed by atoms with Crippen molar-refractivity contribution in [1.82, 2.24) is 4.90 Å². The average Bonchev–Trinajstić information content (AvgIpc) is 3.23. The van der Waals surface area contributed by atoms with E-state index in [9.17, 15) is 23.5 Å². The molecule has 0 aromatic heterocycles. The van der Waals surface area contributed by atoms with E-state index in [4.69, 9.17) is 0 Å². The Balaban J connectivity index is 1.51. The normalized spacial score (nSPS) is 26.2. The van der Waals surface area contributed by atoms with Crippen molar-refractivity contribution < 1.29 is 23.5 Å². The topological polar surface area (TPSA) is 57.6 Å². The fourth-order valence-electron chi connectivity index (χ4n) is 4.71. The number of hydrogen-bond acceptors (Lipinski definition) is 2. The van der Waals surface area contributed by atoms with Gasteiger partial charge in [0.1, 0.15) is 11.6 Å². The first-order valence-electron chi connectivity index (χ1n) is 8.86. The lowest BCUT2D eigenvalue weighted by Crippen LogP contribution is -2.53. The Kier molecular flexibility index (Phi) is 3.63. The van der Waals surface area contributed by atoms with Gasteiger partial charge in [-0.2, -0.15) is 0 Å². The predicted octanol–water partition coefficient (Wildman–Crippen LogP) is 3.10. The molecule has 3 fully saturated rings. The van der Waals surface area contributed by atoms with Crippen LogP contribution in [0.4, 0.5) is 8.78 Å². The van der Waals surface area contributed by atoms with Crippen molar-refractivity contribution in [1.29, 1.82) is 0 Å². The molecule has 1 heterocycles. The number of benzene rings is 1. The Bertz CT molecular complexity index is 736. The van der Waals surface area contributed by atoms with Gasteiger partial charge in [0.15, 0.2) is 0 Å². The van der Waals surface area contributed by atoms with E-state index in [0.717, 1.165) is 12.5 Å². The molecule has 1 aromatic rings. The summed E-state index contributed by atoms with van der Waals surface area (Å²) in [6.45, 7) is 1.04. The van der Waals surface area contributed by atoms with Crippen LogP contribution in [0.1, 0.15) is 44.1 Å². The molecule has 25 heavy (non-hydrogen) atoms. The van der Waals surface area contributed by atoms with Gasteiger partial charge in [-0.3, -0.25) is 9.59 Å². The Morgan fingerprint density at radius 2 is 1.80 bits per heavy atom. The van der Waals surface area contributed by atoms with Crippen LogP contribution < -0.4 is 0 Å². The standard InChI is InChI=1S/C19H21F2NO3/c20-12-2-3-13(15(21)10-12)19(4-1-5-19)17(25)22-8-6-18(7-9-22)11-14(18)16(23)24/h2-3,10,14H,1,4-9,11H2,(H,23,24). The molecule has 2 saturated carbocycles. The van der Waals surface area contributed by atoms with E-state index in [0.29, 0.717) is 50.8 Å². The monoisotopic (exact) mass is 349 g/mol. The summed E-state index contributed by atoms with van der Waals surface area (Å²) in [6, 6.07) is 3.45. The van der Waals surface area contributed by atoms with Gasteiger partial charge in [0, 0.05) is 24.7 Å². The fraction of sp³-hybridized carbons (Fsp3) is 0.579. The summed E-state index contributed by atoms with van der Waals surface area (Å²) >= 11 is 0. The summed E-state index contributed by atoms with van der Waals surface area (Å²) in [5.41, 5.74) is -0.727. The zero-order chi connectivity index (χ0) is 17.8. The van der Waals surface area contributed by atoms with Gasteiger partial charge >= 0.3 is 5.97 Å². The highest BCUT2D eigenvalue weighted by Crippen LogP contribution is 2.60. The zero-order valence-corrected chi connectivity index (χ0v) is 13.9. The molecule has 3 aliphatic rings. The van der Waals surface area contributed by atoms with E-state index < -0.39 is 23.0 Å². The molecule has 134 valence electrons. The number of carboxylic acids is 1. The van der Waals surface area contributed by atoms with Gasteiger partial charge < -0.3 is 10.0 Å². The van der Waals surface area contributed by atoms with Crippen LogP contribution in [0.25, 0.3) is 0 Å². The third-order valence-electron chi connectivity index (χ3n) is 6.60. The molecule has 0 radical (unpaired) electrons. The number of piperidine rings is 1. The Hall–Kier alpha value is -1.98. The van der Waals surface area contributed by atoms with Gasteiger partial charge in [-0.05, 0) is 43.6 Å². The minimum absolute atomic E-state index is 0.0911. The second-order valence-corrected chi connectivity index (χ2v) is 7.81. The predicted molar refractivity (Wildman–Crippen MR) is 85.9 cm³/mol. The Morgan fingerprint density at radius 3 is 2.28 bits per heavy atom. The second kappa shape index (κ2) is 5.51. The lowest BCUT2D eigenvalue weighted by atomic mass is 9.63. The number of amides is 1. The highest BCUT2D eigenvalue weighted by molar-refractivity contribution is 5.89. The fourth-order valence-corrected chi connectivity index (χ4v) is 4.71. The van der Waals surface area contributed by atoms with Gasteiger partial charge in [-0.15, -0.1) is 0 Å². The zero-order valence-electron chi connectivity index (χ0n) is 13.9. The first-order chi connectivity index (χ1) is 11.9. The molecular formula is C19H21F2NO3. The third kappa shape index (κ3) is 2.45. The van der Waals surface area contributed by atoms with E-state index in [2.05, 4.69) is 0 Å². The van der Waals surface area contributed by atoms with E-state index in [1.165, 1.54) is 12.1 Å². The molecule has 4 nitrogen and oxygen atoms in total. The van der Waals surface area contributed by atoms with E-state index in [-0.39, 0.29) is 17.2 Å². The van der Waals surface area contributed by atoms with Crippen molar-refractivity contribution in [2.24, 2.45) is 11.3 Å². The first kappa shape index (κ1) is 16.5. The molecule has 1 atom stereocenters. The number of halogens is 2. The van der Waals surface area contributed by atoms with Gasteiger partial charge in [-0.1, -0.05) is 12.5 Å². The van der Waals surface area contributed by atoms with Crippen molar-refractivity contribution >= 4 is 11.9 Å². The number of carbonyl (C=O) groups excluding carboxylic acids is 1. The number of nitrogens with zero attached hydrogens (tertiary/aromatic N) is 1. The molecule has 1 unspecified atom stereocenters. The summed E-state index contributed by atoms with van der Waals surface area (Å²) in [5, 5.41) is 9.17. The number of carbonyl (C=O) groups is 2. The smallest absolute Gasteiger partial charge is 0.307 e.